The Hall–Kier alpha value is 0.144. The molecule has 0 spiro atoms. The number of rotatable bonds is 4. The van der Waals surface area contributed by atoms with Crippen LogP contribution in [0.4, 0.5) is 0 Å². The number of ether oxygens (including phenoxy) is 1. The molecule has 5 heteroatoms. The van der Waals surface area contributed by atoms with Crippen LogP contribution in [0.15, 0.2) is 50.1 Å². The first-order valence-electron chi connectivity index (χ1n) is 5.32. The zero-order chi connectivity index (χ0) is 11.4. The number of para-hydroxylation sites is 1. The maximum Gasteiger partial charge on any atom is -0.147 e. The van der Waals surface area contributed by atoms with Crippen LogP contribution in [0.3, 0.4) is 0 Å². The van der Waals surface area contributed by atoms with E-state index in [2.05, 4.69) is 44.7 Å². The van der Waals surface area contributed by atoms with Crippen molar-refractivity contribution < 1.29 is 25.2 Å². The molecule has 0 N–H and O–H groups in total. The van der Waals surface area contributed by atoms with Crippen molar-refractivity contribution in [1.29, 1.82) is 0 Å². The van der Waals surface area contributed by atoms with E-state index >= 15 is 0 Å². The van der Waals surface area contributed by atoms with Crippen LogP contribution >= 0.6 is 36.6 Å². The predicted molar refractivity (Wildman–Crippen MR) is 78.7 cm³/mol. The molecule has 1 aromatic rings. The van der Waals surface area contributed by atoms with Gasteiger partial charge in [0.15, 0.2) is 0 Å². The molecule has 0 aliphatic heterocycles. The van der Waals surface area contributed by atoms with E-state index < -0.39 is 0 Å². The Bertz CT molecular complexity index is 446. The molecule has 0 fully saturated rings. The Morgan fingerprint density at radius 1 is 1.28 bits per heavy atom. The number of benzene rings is 1. The fraction of sp³-hybridized carbons (Fsp3) is 0.231. The fourth-order valence-corrected chi connectivity index (χ4v) is 3.04. The summed E-state index contributed by atoms with van der Waals surface area (Å²) in [6, 6.07) is 8.21. The summed E-state index contributed by atoms with van der Waals surface area (Å²) < 4.78 is 7.06. The fourth-order valence-electron chi connectivity index (χ4n) is 1.51. The first kappa shape index (κ1) is 18.1. The predicted octanol–water partition coefficient (Wildman–Crippen LogP) is 4.74. The zero-order valence-corrected chi connectivity index (χ0v) is 14.0. The van der Waals surface area contributed by atoms with Gasteiger partial charge in [-0.3, -0.25) is 0 Å². The number of allylic oxidation sites excluding steroid dienone is 3. The minimum atomic E-state index is 0. The Morgan fingerprint density at radius 3 is 2.61 bits per heavy atom. The summed E-state index contributed by atoms with van der Waals surface area (Å²) in [4.78, 5) is 2.55. The van der Waals surface area contributed by atoms with E-state index in [1.165, 1.54) is 13.7 Å². The van der Waals surface area contributed by atoms with E-state index in [9.17, 15) is 0 Å². The van der Waals surface area contributed by atoms with Gasteiger partial charge in [0.1, 0.15) is 0 Å². The molecule has 1 nitrogen and oxygen atoms in total. The van der Waals surface area contributed by atoms with E-state index in [-0.39, 0.29) is 24.8 Å². The average Bonchev–Trinajstić information content (AvgIpc) is 2.68. The quantitative estimate of drug-likeness (QED) is 0.734. The first-order chi connectivity index (χ1) is 7.81. The van der Waals surface area contributed by atoms with Crippen molar-refractivity contribution in [2.24, 2.45) is 0 Å². The van der Waals surface area contributed by atoms with Gasteiger partial charge >= 0.3 is 113 Å². The molecule has 1 aromatic carbocycles. The number of halogens is 2. The average molecular weight is 338 g/mol. The summed E-state index contributed by atoms with van der Waals surface area (Å²) in [5.41, 5.74) is 0. The van der Waals surface area contributed by atoms with E-state index in [1.54, 1.807) is 11.8 Å². The van der Waals surface area contributed by atoms with Crippen LogP contribution in [0.2, 0.25) is 0 Å². The number of hydrogen-bond acceptors (Lipinski definition) is 2. The summed E-state index contributed by atoms with van der Waals surface area (Å²) in [5, 5.41) is 0. The first-order valence-corrected chi connectivity index (χ1v) is 6.92. The van der Waals surface area contributed by atoms with Crippen molar-refractivity contribution in [2.75, 3.05) is 6.61 Å². The van der Waals surface area contributed by atoms with Crippen LogP contribution in [0.5, 0.6) is 5.75 Å². The molecule has 1 aliphatic carbocycles. The van der Waals surface area contributed by atoms with Gasteiger partial charge in [-0.2, -0.15) is 0 Å². The van der Waals surface area contributed by atoms with E-state index in [0.717, 1.165) is 12.2 Å². The molecule has 0 atom stereocenters. The summed E-state index contributed by atoms with van der Waals surface area (Å²) in [6.07, 6.45) is 5.49. The second-order valence-corrected chi connectivity index (χ2v) is 5.46. The number of thioether (sulfide) groups is 1. The Labute approximate surface area is 137 Å². The molecular formula is C13H15Cl2OSTi. The molecule has 0 aromatic heterocycles. The molecule has 0 saturated heterocycles. The maximum atomic E-state index is 5.62. The molecule has 0 amide bonds. The maximum absolute atomic E-state index is 5.62. The van der Waals surface area contributed by atoms with Gasteiger partial charge in [0, 0.05) is 0 Å². The van der Waals surface area contributed by atoms with Crippen molar-refractivity contribution in [2.45, 2.75) is 18.2 Å². The van der Waals surface area contributed by atoms with Gasteiger partial charge in [-0.25, -0.2) is 0 Å². The van der Waals surface area contributed by atoms with Crippen molar-refractivity contribution in [1.82, 2.24) is 0 Å². The van der Waals surface area contributed by atoms with Crippen molar-refractivity contribution >= 4 is 36.6 Å². The van der Waals surface area contributed by atoms with Gasteiger partial charge in [0.2, 0.25) is 0 Å². The van der Waals surface area contributed by atoms with Crippen LogP contribution in [0, 0.1) is 0 Å². The van der Waals surface area contributed by atoms with Crippen LogP contribution in [-0.4, -0.2) is 6.61 Å². The van der Waals surface area contributed by atoms with Crippen molar-refractivity contribution in [3.05, 3.63) is 45.2 Å². The molecule has 0 radical (unpaired) electrons. The Balaban J connectivity index is 0.00000144. The second-order valence-electron chi connectivity index (χ2n) is 3.43. The zero-order valence-electron chi connectivity index (χ0n) is 10.0. The summed E-state index contributed by atoms with van der Waals surface area (Å²) in [7, 11) is 0. The second kappa shape index (κ2) is 9.11. The smallest absolute Gasteiger partial charge is 0.147 e. The van der Waals surface area contributed by atoms with Crippen LogP contribution in [-0.2, 0) is 20.4 Å². The standard InChI is InChI=1S/C13H13OS.2ClH.Ti/c1-2-14-12-9-5-6-10-13(12)15-11-7-3-4-8-11;;;/h3,5-7,9-10H,2,4H2,1H3;2*1H;. The molecule has 1 aliphatic rings. The molecule has 0 heterocycles. The van der Waals surface area contributed by atoms with Gasteiger partial charge in [-0.05, 0) is 0 Å². The van der Waals surface area contributed by atoms with Gasteiger partial charge in [0.25, 0.3) is 0 Å². The van der Waals surface area contributed by atoms with E-state index in [4.69, 9.17) is 4.74 Å². The van der Waals surface area contributed by atoms with Gasteiger partial charge in [-0.1, -0.05) is 0 Å². The topological polar surface area (TPSA) is 9.23 Å². The van der Waals surface area contributed by atoms with E-state index in [1.807, 2.05) is 19.1 Å². The summed E-state index contributed by atoms with van der Waals surface area (Å²) >= 11 is 3.98. The minimum Gasteiger partial charge on any atom is -0.147 e. The summed E-state index contributed by atoms with van der Waals surface area (Å²) in [6.45, 7) is 2.73. The molecule has 0 unspecified atom stereocenters. The van der Waals surface area contributed by atoms with Gasteiger partial charge in [0.05, 0.1) is 0 Å². The normalized spacial score (nSPS) is 12.9. The Kier molecular flexibility index (Phi) is 9.19. The number of hydrogen-bond donors (Lipinski definition) is 0. The SMILES string of the molecule is CCOc1ccccc1SC1=[C]([Ti])CC=C1.Cl.Cl. The molecule has 0 bridgehead atoms. The largest absolute Gasteiger partial charge is 0.147 e. The third kappa shape index (κ3) is 4.67. The third-order valence-electron chi connectivity index (χ3n) is 2.26. The third-order valence-corrected chi connectivity index (χ3v) is 4.44. The molecule has 2 rings (SSSR count). The van der Waals surface area contributed by atoms with Crippen molar-refractivity contribution in [3.63, 3.8) is 0 Å². The monoisotopic (exact) mass is 337 g/mol. The van der Waals surface area contributed by atoms with E-state index in [0.29, 0.717) is 6.61 Å². The van der Waals surface area contributed by atoms with Crippen LogP contribution in [0.25, 0.3) is 0 Å². The van der Waals surface area contributed by atoms with Gasteiger partial charge in [-0.15, -0.1) is 24.8 Å². The Morgan fingerprint density at radius 2 is 2.00 bits per heavy atom. The van der Waals surface area contributed by atoms with Gasteiger partial charge < -0.3 is 0 Å². The minimum absolute atomic E-state index is 0. The molecule has 18 heavy (non-hydrogen) atoms. The van der Waals surface area contributed by atoms with Crippen LogP contribution < -0.4 is 4.74 Å². The summed E-state index contributed by atoms with van der Waals surface area (Å²) in [5.74, 6) is 0.982. The molecule has 0 saturated carbocycles. The van der Waals surface area contributed by atoms with Crippen molar-refractivity contribution in [3.8, 4) is 5.75 Å². The molecule has 97 valence electrons. The molecular weight excluding hydrogens is 323 g/mol. The van der Waals surface area contributed by atoms with Crippen LogP contribution in [0.1, 0.15) is 13.3 Å².